The van der Waals surface area contributed by atoms with Crippen molar-refractivity contribution in [3.63, 3.8) is 0 Å². The molecule has 2 aromatic rings. The van der Waals surface area contributed by atoms with E-state index in [0.29, 0.717) is 10.0 Å². The number of aromatic hydroxyl groups is 1. The van der Waals surface area contributed by atoms with Gasteiger partial charge in [-0.25, -0.2) is 0 Å². The summed E-state index contributed by atoms with van der Waals surface area (Å²) in [5.74, 6) is 0.0992. The maximum absolute atomic E-state index is 9.66. The van der Waals surface area contributed by atoms with Gasteiger partial charge in [-0.05, 0) is 39.2 Å². The second-order valence-electron chi connectivity index (χ2n) is 3.49. The van der Waals surface area contributed by atoms with Gasteiger partial charge in [0.15, 0.2) is 0 Å². The van der Waals surface area contributed by atoms with Crippen molar-refractivity contribution >= 4 is 15.9 Å². The van der Waals surface area contributed by atoms with Crippen LogP contribution in [0.2, 0.25) is 0 Å². The van der Waals surface area contributed by atoms with Crippen molar-refractivity contribution in [2.24, 2.45) is 0 Å². The highest BCUT2D eigenvalue weighted by Gasteiger charge is 2.08. The maximum Gasteiger partial charge on any atom is 0.135 e. The van der Waals surface area contributed by atoms with E-state index in [2.05, 4.69) is 15.9 Å². The van der Waals surface area contributed by atoms with E-state index in [4.69, 9.17) is 5.11 Å². The molecule has 0 spiro atoms. The summed E-state index contributed by atoms with van der Waals surface area (Å²) >= 11 is 3.27. The van der Waals surface area contributed by atoms with Crippen molar-refractivity contribution in [1.29, 1.82) is 0 Å². The minimum absolute atomic E-state index is 0.0992. The van der Waals surface area contributed by atoms with Gasteiger partial charge in [-0.1, -0.05) is 30.3 Å². The molecule has 0 atom stereocenters. The van der Waals surface area contributed by atoms with E-state index in [1.165, 1.54) is 0 Å². The highest BCUT2D eigenvalue weighted by Crippen LogP contribution is 2.33. The standard InChI is InChI=1S/C13H11BrO2/c14-12-7-10(6-11(8-15)13(12)16)9-4-2-1-3-5-9/h1-7,15-16H,8H2. The number of phenols is 1. The summed E-state index contributed by atoms with van der Waals surface area (Å²) < 4.78 is 0.595. The third kappa shape index (κ3) is 2.10. The minimum atomic E-state index is -0.175. The highest BCUT2D eigenvalue weighted by molar-refractivity contribution is 9.10. The first kappa shape index (κ1) is 11.2. The molecule has 0 fully saturated rings. The van der Waals surface area contributed by atoms with Crippen molar-refractivity contribution < 1.29 is 10.2 Å². The van der Waals surface area contributed by atoms with Gasteiger partial charge >= 0.3 is 0 Å². The number of hydrogen-bond acceptors (Lipinski definition) is 2. The Hall–Kier alpha value is -1.32. The van der Waals surface area contributed by atoms with Crippen molar-refractivity contribution in [3.05, 3.63) is 52.5 Å². The Kier molecular flexibility index (Phi) is 3.27. The fourth-order valence-electron chi connectivity index (χ4n) is 1.57. The number of aliphatic hydroxyl groups is 1. The summed E-state index contributed by atoms with van der Waals surface area (Å²) in [6, 6.07) is 13.5. The maximum atomic E-state index is 9.66. The number of halogens is 1. The molecule has 0 aliphatic rings. The van der Waals surface area contributed by atoms with Gasteiger partial charge in [0.1, 0.15) is 5.75 Å². The summed E-state index contributed by atoms with van der Waals surface area (Å²) in [5, 5.41) is 18.8. The average Bonchev–Trinajstić information content (AvgIpc) is 2.33. The first-order valence-corrected chi connectivity index (χ1v) is 5.69. The zero-order valence-corrected chi connectivity index (χ0v) is 10.1. The van der Waals surface area contributed by atoms with E-state index in [1.807, 2.05) is 36.4 Å². The van der Waals surface area contributed by atoms with Crippen molar-refractivity contribution in [2.75, 3.05) is 0 Å². The van der Waals surface area contributed by atoms with Gasteiger partial charge in [-0.3, -0.25) is 0 Å². The molecular weight excluding hydrogens is 268 g/mol. The van der Waals surface area contributed by atoms with Crippen LogP contribution >= 0.6 is 15.9 Å². The van der Waals surface area contributed by atoms with Crippen molar-refractivity contribution in [3.8, 4) is 16.9 Å². The monoisotopic (exact) mass is 278 g/mol. The van der Waals surface area contributed by atoms with Crippen LogP contribution in [0.4, 0.5) is 0 Å². The molecule has 3 heteroatoms. The summed E-state index contributed by atoms with van der Waals surface area (Å²) in [4.78, 5) is 0. The zero-order chi connectivity index (χ0) is 11.5. The largest absolute Gasteiger partial charge is 0.506 e. The van der Waals surface area contributed by atoms with Gasteiger partial charge in [0, 0.05) is 5.56 Å². The summed E-state index contributed by atoms with van der Waals surface area (Å²) in [6.45, 7) is -0.175. The fourth-order valence-corrected chi connectivity index (χ4v) is 2.08. The summed E-state index contributed by atoms with van der Waals surface area (Å²) in [6.07, 6.45) is 0. The summed E-state index contributed by atoms with van der Waals surface area (Å²) in [5.41, 5.74) is 2.54. The molecule has 16 heavy (non-hydrogen) atoms. The molecule has 0 radical (unpaired) electrons. The predicted octanol–water partition coefficient (Wildman–Crippen LogP) is 3.31. The molecular formula is C13H11BrO2. The number of benzene rings is 2. The van der Waals surface area contributed by atoms with Gasteiger partial charge in [-0.15, -0.1) is 0 Å². The van der Waals surface area contributed by atoms with Crippen LogP contribution in [-0.4, -0.2) is 10.2 Å². The molecule has 0 heterocycles. The average molecular weight is 279 g/mol. The van der Waals surface area contributed by atoms with E-state index in [1.54, 1.807) is 6.07 Å². The van der Waals surface area contributed by atoms with Crippen LogP contribution in [0, 0.1) is 0 Å². The van der Waals surface area contributed by atoms with E-state index in [0.717, 1.165) is 11.1 Å². The van der Waals surface area contributed by atoms with Crippen LogP contribution in [0.15, 0.2) is 46.9 Å². The molecule has 0 saturated heterocycles. The number of rotatable bonds is 2. The molecule has 0 bridgehead atoms. The fraction of sp³-hybridized carbons (Fsp3) is 0.0769. The first-order chi connectivity index (χ1) is 7.72. The molecule has 0 aromatic heterocycles. The Morgan fingerprint density at radius 3 is 2.31 bits per heavy atom. The Labute approximate surface area is 102 Å². The van der Waals surface area contributed by atoms with Crippen molar-refractivity contribution in [1.82, 2.24) is 0 Å². The molecule has 0 amide bonds. The van der Waals surface area contributed by atoms with E-state index in [-0.39, 0.29) is 12.4 Å². The van der Waals surface area contributed by atoms with E-state index < -0.39 is 0 Å². The van der Waals surface area contributed by atoms with Gasteiger partial charge < -0.3 is 10.2 Å². The lowest BCUT2D eigenvalue weighted by atomic mass is 10.0. The quantitative estimate of drug-likeness (QED) is 0.885. The smallest absolute Gasteiger partial charge is 0.135 e. The van der Waals surface area contributed by atoms with Crippen LogP contribution in [0.5, 0.6) is 5.75 Å². The second-order valence-corrected chi connectivity index (χ2v) is 4.34. The van der Waals surface area contributed by atoms with E-state index in [9.17, 15) is 5.11 Å². The van der Waals surface area contributed by atoms with Gasteiger partial charge in [0.25, 0.3) is 0 Å². The van der Waals surface area contributed by atoms with Gasteiger partial charge in [0.2, 0.25) is 0 Å². The zero-order valence-electron chi connectivity index (χ0n) is 8.52. The molecule has 0 unspecified atom stereocenters. The number of aliphatic hydroxyl groups excluding tert-OH is 1. The van der Waals surface area contributed by atoms with Crippen LogP contribution in [-0.2, 0) is 6.61 Å². The molecule has 0 aliphatic carbocycles. The predicted molar refractivity (Wildman–Crippen MR) is 67.2 cm³/mol. The minimum Gasteiger partial charge on any atom is -0.506 e. The van der Waals surface area contributed by atoms with Crippen molar-refractivity contribution in [2.45, 2.75) is 6.61 Å². The molecule has 0 saturated carbocycles. The second kappa shape index (κ2) is 4.68. The molecule has 2 nitrogen and oxygen atoms in total. The van der Waals surface area contributed by atoms with Crippen LogP contribution in [0.25, 0.3) is 11.1 Å². The van der Waals surface area contributed by atoms with Crippen LogP contribution < -0.4 is 0 Å². The Bertz CT molecular complexity index is 495. The van der Waals surface area contributed by atoms with Crippen LogP contribution in [0.1, 0.15) is 5.56 Å². The van der Waals surface area contributed by atoms with Gasteiger partial charge in [-0.2, -0.15) is 0 Å². The number of hydrogen-bond donors (Lipinski definition) is 2. The Morgan fingerprint density at radius 1 is 1.00 bits per heavy atom. The molecule has 2 N–H and O–H groups in total. The summed E-state index contributed by atoms with van der Waals surface area (Å²) in [7, 11) is 0. The lowest BCUT2D eigenvalue weighted by molar-refractivity contribution is 0.275. The van der Waals surface area contributed by atoms with Gasteiger partial charge in [0.05, 0.1) is 11.1 Å². The van der Waals surface area contributed by atoms with E-state index >= 15 is 0 Å². The lowest BCUT2D eigenvalue weighted by Gasteiger charge is -2.08. The third-order valence-corrected chi connectivity index (χ3v) is 3.02. The SMILES string of the molecule is OCc1cc(-c2ccccc2)cc(Br)c1O. The Balaban J connectivity index is 2.55. The molecule has 82 valence electrons. The molecule has 2 aromatic carbocycles. The molecule has 2 rings (SSSR count). The molecule has 0 aliphatic heterocycles. The normalized spacial score (nSPS) is 10.4. The third-order valence-electron chi connectivity index (χ3n) is 2.42. The van der Waals surface area contributed by atoms with Crippen LogP contribution in [0.3, 0.4) is 0 Å². The lowest BCUT2D eigenvalue weighted by Crippen LogP contribution is -1.87. The topological polar surface area (TPSA) is 40.5 Å². The Morgan fingerprint density at radius 2 is 1.69 bits per heavy atom. The highest BCUT2D eigenvalue weighted by atomic mass is 79.9. The first-order valence-electron chi connectivity index (χ1n) is 4.90.